The average molecular weight is 254 g/mol. The Morgan fingerprint density at radius 3 is 2.22 bits per heavy atom. The largest absolute Gasteiger partial charge is 0.375 e. The molecule has 3 atom stereocenters. The molecule has 1 rings (SSSR count). The third kappa shape index (κ3) is 2.27. The molecule has 0 bridgehead atoms. The quantitative estimate of drug-likeness (QED) is 0.733. The van der Waals surface area contributed by atoms with Crippen LogP contribution in [0.5, 0.6) is 0 Å². The summed E-state index contributed by atoms with van der Waals surface area (Å²) in [6.45, 7) is 5.96. The summed E-state index contributed by atoms with van der Waals surface area (Å²) < 4.78 is 0. The molecule has 0 heterocycles. The maximum atomic E-state index is 11.9. The summed E-state index contributed by atoms with van der Waals surface area (Å²) in [7, 11) is 0. The lowest BCUT2D eigenvalue weighted by molar-refractivity contribution is -0.164. The third-order valence-corrected chi connectivity index (χ3v) is 3.26. The molecule has 1 saturated carbocycles. The molecule has 1 N–H and O–H groups in total. The first-order valence-electron chi connectivity index (χ1n) is 5.98. The Morgan fingerprint density at radius 2 is 1.78 bits per heavy atom. The third-order valence-electron chi connectivity index (χ3n) is 3.26. The van der Waals surface area contributed by atoms with Crippen LogP contribution in [0.25, 0.3) is 0 Å². The van der Waals surface area contributed by atoms with Crippen molar-refractivity contribution >= 4 is 23.1 Å². The van der Waals surface area contributed by atoms with Crippen molar-refractivity contribution < 1.29 is 24.3 Å². The second-order valence-electron chi connectivity index (χ2n) is 5.42. The van der Waals surface area contributed by atoms with E-state index in [9.17, 15) is 24.3 Å². The molecular formula is C13H18O5. The summed E-state index contributed by atoms with van der Waals surface area (Å²) in [5, 5.41) is 9.85. The van der Waals surface area contributed by atoms with Gasteiger partial charge in [-0.25, -0.2) is 0 Å². The number of carbonyl (C=O) groups is 4. The lowest BCUT2D eigenvalue weighted by Crippen LogP contribution is -2.60. The van der Waals surface area contributed by atoms with Crippen LogP contribution in [0.1, 0.15) is 34.1 Å². The van der Waals surface area contributed by atoms with E-state index in [4.69, 9.17) is 0 Å². The summed E-state index contributed by atoms with van der Waals surface area (Å²) in [6, 6.07) is 0. The molecule has 0 aromatic heterocycles. The fraction of sp³-hybridized carbons (Fsp3) is 0.692. The van der Waals surface area contributed by atoms with Gasteiger partial charge in [0.15, 0.2) is 28.7 Å². The molecule has 0 aliphatic heterocycles. The standard InChI is InChI=1S/C13H18O5/c1-6(2)5-8(14)9-10(15)7(3)11(16)13(4,18)12(9)17/h6-7,9,18H,5H2,1-4H3. The first-order valence-corrected chi connectivity index (χ1v) is 5.98. The van der Waals surface area contributed by atoms with Crippen LogP contribution in [0, 0.1) is 17.8 Å². The van der Waals surface area contributed by atoms with E-state index < -0.39 is 40.6 Å². The van der Waals surface area contributed by atoms with Crippen molar-refractivity contribution in [2.24, 2.45) is 17.8 Å². The number of aliphatic hydroxyl groups is 1. The number of ketones is 4. The second-order valence-corrected chi connectivity index (χ2v) is 5.42. The highest BCUT2D eigenvalue weighted by molar-refractivity contribution is 6.35. The van der Waals surface area contributed by atoms with Crippen LogP contribution >= 0.6 is 0 Å². The van der Waals surface area contributed by atoms with Crippen LogP contribution < -0.4 is 0 Å². The smallest absolute Gasteiger partial charge is 0.189 e. The number of carbonyl (C=O) groups excluding carboxylic acids is 4. The van der Waals surface area contributed by atoms with Gasteiger partial charge in [0.05, 0.1) is 5.92 Å². The van der Waals surface area contributed by atoms with Gasteiger partial charge in [-0.15, -0.1) is 0 Å². The predicted octanol–water partition coefficient (Wildman–Crippen LogP) is 0.326. The van der Waals surface area contributed by atoms with Gasteiger partial charge in [-0.3, -0.25) is 19.2 Å². The van der Waals surface area contributed by atoms with Crippen molar-refractivity contribution in [2.75, 3.05) is 0 Å². The van der Waals surface area contributed by atoms with Gasteiger partial charge in [0.2, 0.25) is 0 Å². The minimum Gasteiger partial charge on any atom is -0.375 e. The van der Waals surface area contributed by atoms with Crippen LogP contribution in [-0.2, 0) is 19.2 Å². The zero-order valence-corrected chi connectivity index (χ0v) is 11.0. The summed E-state index contributed by atoms with van der Waals surface area (Å²) in [5.41, 5.74) is -2.23. The van der Waals surface area contributed by atoms with E-state index in [2.05, 4.69) is 0 Å². The van der Waals surface area contributed by atoms with Gasteiger partial charge in [-0.1, -0.05) is 13.8 Å². The first-order chi connectivity index (χ1) is 8.10. The zero-order valence-electron chi connectivity index (χ0n) is 11.0. The Kier molecular flexibility index (Phi) is 3.86. The SMILES string of the molecule is CC(C)CC(=O)C1C(=O)C(C)C(=O)C(C)(O)C1=O. The second kappa shape index (κ2) is 4.72. The Bertz CT molecular complexity index is 419. The van der Waals surface area contributed by atoms with Crippen LogP contribution in [0.3, 0.4) is 0 Å². The van der Waals surface area contributed by atoms with Gasteiger partial charge in [-0.2, -0.15) is 0 Å². The molecule has 3 unspecified atom stereocenters. The van der Waals surface area contributed by atoms with E-state index in [0.29, 0.717) is 0 Å². The first kappa shape index (κ1) is 14.7. The topological polar surface area (TPSA) is 88.5 Å². The molecule has 1 fully saturated rings. The molecule has 5 nitrogen and oxygen atoms in total. The summed E-state index contributed by atoms with van der Waals surface area (Å²) in [5.74, 6) is -5.61. The van der Waals surface area contributed by atoms with Gasteiger partial charge >= 0.3 is 0 Å². The molecule has 5 heteroatoms. The molecule has 100 valence electrons. The highest BCUT2D eigenvalue weighted by Crippen LogP contribution is 2.29. The molecule has 0 aromatic carbocycles. The summed E-state index contributed by atoms with van der Waals surface area (Å²) in [6.07, 6.45) is 0.0825. The molecule has 1 aliphatic carbocycles. The fourth-order valence-corrected chi connectivity index (χ4v) is 2.16. The Labute approximate surface area is 106 Å². The van der Waals surface area contributed by atoms with Crippen molar-refractivity contribution in [2.45, 2.75) is 39.7 Å². The van der Waals surface area contributed by atoms with Gasteiger partial charge in [0.1, 0.15) is 5.92 Å². The zero-order chi connectivity index (χ0) is 14.2. The Hall–Kier alpha value is -1.36. The monoisotopic (exact) mass is 254 g/mol. The maximum Gasteiger partial charge on any atom is 0.189 e. The van der Waals surface area contributed by atoms with Crippen LogP contribution in [0.4, 0.5) is 0 Å². The van der Waals surface area contributed by atoms with Crippen LogP contribution in [0.2, 0.25) is 0 Å². The van der Waals surface area contributed by atoms with E-state index in [-0.39, 0.29) is 12.3 Å². The molecule has 0 aromatic rings. The van der Waals surface area contributed by atoms with Gasteiger partial charge < -0.3 is 5.11 Å². The van der Waals surface area contributed by atoms with Crippen molar-refractivity contribution in [3.63, 3.8) is 0 Å². The van der Waals surface area contributed by atoms with Gasteiger partial charge in [-0.05, 0) is 19.8 Å². The molecular weight excluding hydrogens is 236 g/mol. The minimum absolute atomic E-state index is 0.0102. The van der Waals surface area contributed by atoms with Crippen molar-refractivity contribution in [3.8, 4) is 0 Å². The maximum absolute atomic E-state index is 11.9. The predicted molar refractivity (Wildman–Crippen MR) is 62.8 cm³/mol. The molecule has 18 heavy (non-hydrogen) atoms. The molecule has 0 radical (unpaired) electrons. The Balaban J connectivity index is 3.12. The van der Waals surface area contributed by atoms with Gasteiger partial charge in [0, 0.05) is 6.42 Å². The molecule has 1 aliphatic rings. The Morgan fingerprint density at radius 1 is 1.28 bits per heavy atom. The highest BCUT2D eigenvalue weighted by atomic mass is 16.3. The highest BCUT2D eigenvalue weighted by Gasteiger charge is 2.56. The molecule has 0 saturated heterocycles. The van der Waals surface area contributed by atoms with Crippen LogP contribution in [0.15, 0.2) is 0 Å². The number of hydrogen-bond donors (Lipinski definition) is 1. The lowest BCUT2D eigenvalue weighted by Gasteiger charge is -2.33. The minimum atomic E-state index is -2.23. The van der Waals surface area contributed by atoms with Crippen molar-refractivity contribution in [3.05, 3.63) is 0 Å². The average Bonchev–Trinajstić information content (AvgIpc) is 2.24. The van der Waals surface area contributed by atoms with E-state index >= 15 is 0 Å². The van der Waals surface area contributed by atoms with E-state index in [1.54, 1.807) is 13.8 Å². The summed E-state index contributed by atoms with van der Waals surface area (Å²) >= 11 is 0. The number of Topliss-reactive ketones (excluding diaryl/α,β-unsaturated/α-hetero) is 4. The molecule has 0 amide bonds. The van der Waals surface area contributed by atoms with Crippen molar-refractivity contribution in [1.82, 2.24) is 0 Å². The lowest BCUT2D eigenvalue weighted by atomic mass is 9.69. The fourth-order valence-electron chi connectivity index (χ4n) is 2.16. The molecule has 0 spiro atoms. The van der Waals surface area contributed by atoms with E-state index in [1.165, 1.54) is 6.92 Å². The number of hydrogen-bond acceptors (Lipinski definition) is 5. The van der Waals surface area contributed by atoms with E-state index in [1.807, 2.05) is 0 Å². The van der Waals surface area contributed by atoms with Gasteiger partial charge in [0.25, 0.3) is 0 Å². The van der Waals surface area contributed by atoms with Crippen LogP contribution in [-0.4, -0.2) is 33.8 Å². The number of rotatable bonds is 3. The summed E-state index contributed by atoms with van der Waals surface area (Å²) in [4.78, 5) is 47.4. The van der Waals surface area contributed by atoms with E-state index in [0.717, 1.165) is 6.92 Å². The normalized spacial score (nSPS) is 33.1. The van der Waals surface area contributed by atoms with Crippen molar-refractivity contribution in [1.29, 1.82) is 0 Å².